The highest BCUT2D eigenvalue weighted by Gasteiger charge is 2.13. The van der Waals surface area contributed by atoms with Gasteiger partial charge in [0.1, 0.15) is 5.69 Å². The van der Waals surface area contributed by atoms with Crippen molar-refractivity contribution < 1.29 is 0 Å². The molecule has 0 saturated carbocycles. The molecule has 0 spiro atoms. The van der Waals surface area contributed by atoms with Crippen LogP contribution in [0.5, 0.6) is 0 Å². The van der Waals surface area contributed by atoms with Gasteiger partial charge >= 0.3 is 0 Å². The van der Waals surface area contributed by atoms with Crippen LogP contribution in [0.3, 0.4) is 0 Å². The van der Waals surface area contributed by atoms with E-state index in [2.05, 4.69) is 69.0 Å². The fraction of sp³-hybridized carbons (Fsp3) is 0.0909. The molecule has 0 fully saturated rings. The normalized spacial score (nSPS) is 11.4. The van der Waals surface area contributed by atoms with Crippen LogP contribution < -0.4 is 5.32 Å². The summed E-state index contributed by atoms with van der Waals surface area (Å²) < 4.78 is 2.51. The Kier molecular flexibility index (Phi) is 4.16. The van der Waals surface area contributed by atoms with Gasteiger partial charge in [-0.25, -0.2) is 0 Å². The minimum atomic E-state index is 0.835. The lowest BCUT2D eigenvalue weighted by Gasteiger charge is -2.06. The number of fused-ring (bicyclic) bond motifs is 3. The van der Waals surface area contributed by atoms with E-state index in [4.69, 9.17) is 0 Å². The molecule has 3 aromatic heterocycles. The Morgan fingerprint density at radius 1 is 0.852 bits per heavy atom. The van der Waals surface area contributed by atoms with E-state index in [0.29, 0.717) is 0 Å². The molecule has 0 aliphatic rings. The van der Waals surface area contributed by atoms with Gasteiger partial charge in [-0.05, 0) is 29.3 Å². The predicted molar refractivity (Wildman–Crippen MR) is 112 cm³/mol. The van der Waals surface area contributed by atoms with Gasteiger partial charge in [0, 0.05) is 41.1 Å². The van der Waals surface area contributed by atoms with Gasteiger partial charge in [0.05, 0.1) is 10.2 Å². The van der Waals surface area contributed by atoms with Gasteiger partial charge in [-0.2, -0.15) is 5.10 Å². The maximum atomic E-state index is 4.57. The molecule has 5 heteroatoms. The van der Waals surface area contributed by atoms with Crippen LogP contribution in [-0.2, 0) is 13.1 Å². The fourth-order valence-electron chi connectivity index (χ4n) is 3.31. The van der Waals surface area contributed by atoms with Gasteiger partial charge in [0.25, 0.3) is 0 Å². The smallest absolute Gasteiger partial charge is 0.110 e. The molecule has 4 nitrogen and oxygen atoms in total. The fourth-order valence-corrected chi connectivity index (χ4v) is 4.48. The molecule has 0 atom stereocenters. The van der Waals surface area contributed by atoms with Crippen LogP contribution >= 0.6 is 11.3 Å². The number of pyridine rings is 1. The number of rotatable bonds is 5. The number of thiophene rings is 1. The lowest BCUT2D eigenvalue weighted by molar-refractivity contribution is 0.693. The molecule has 0 radical (unpaired) electrons. The predicted octanol–water partition coefficient (Wildman–Crippen LogP) is 5.13. The Balaban J connectivity index is 1.35. The van der Waals surface area contributed by atoms with E-state index < -0.39 is 0 Å². The minimum absolute atomic E-state index is 0.835. The number of hydrogen-bond donors (Lipinski definition) is 2. The Morgan fingerprint density at radius 2 is 1.59 bits per heavy atom. The summed E-state index contributed by atoms with van der Waals surface area (Å²) in [5.41, 5.74) is 5.81. The van der Waals surface area contributed by atoms with Crippen molar-refractivity contribution >= 4 is 31.6 Å². The van der Waals surface area contributed by atoms with E-state index in [0.717, 1.165) is 29.9 Å². The monoisotopic (exact) mass is 370 g/mol. The maximum absolute atomic E-state index is 4.57. The van der Waals surface area contributed by atoms with Crippen molar-refractivity contribution in [1.82, 2.24) is 20.5 Å². The SMILES string of the molecule is c1ccc2c(c1)sc1c(-c3ccc(CNCc4ccncc4)cc3)n[nH]c12. The Labute approximate surface area is 160 Å². The highest BCUT2D eigenvalue weighted by Crippen LogP contribution is 2.38. The van der Waals surface area contributed by atoms with Crippen LogP contribution in [0, 0.1) is 0 Å². The Morgan fingerprint density at radius 3 is 2.41 bits per heavy atom. The third-order valence-electron chi connectivity index (χ3n) is 4.73. The van der Waals surface area contributed by atoms with Crippen molar-refractivity contribution in [3.63, 3.8) is 0 Å². The number of nitrogens with one attached hydrogen (secondary N) is 2. The van der Waals surface area contributed by atoms with E-state index in [1.165, 1.54) is 25.9 Å². The first-order chi connectivity index (χ1) is 13.4. The van der Waals surface area contributed by atoms with Crippen LogP contribution in [0.1, 0.15) is 11.1 Å². The molecular formula is C22H18N4S. The lowest BCUT2D eigenvalue weighted by Crippen LogP contribution is -2.12. The zero-order chi connectivity index (χ0) is 18.1. The molecule has 0 bridgehead atoms. The zero-order valence-corrected chi connectivity index (χ0v) is 15.5. The van der Waals surface area contributed by atoms with Gasteiger partial charge < -0.3 is 5.32 Å². The minimum Gasteiger partial charge on any atom is -0.309 e. The van der Waals surface area contributed by atoms with Crippen molar-refractivity contribution in [2.75, 3.05) is 0 Å². The number of benzene rings is 2. The summed E-state index contributed by atoms with van der Waals surface area (Å²) >= 11 is 1.79. The third-order valence-corrected chi connectivity index (χ3v) is 5.90. The van der Waals surface area contributed by atoms with Crippen molar-refractivity contribution in [3.05, 3.63) is 84.2 Å². The van der Waals surface area contributed by atoms with Crippen LogP contribution in [0.4, 0.5) is 0 Å². The summed E-state index contributed by atoms with van der Waals surface area (Å²) in [6.45, 7) is 1.67. The molecule has 0 aliphatic heterocycles. The number of H-pyrrole nitrogens is 1. The van der Waals surface area contributed by atoms with E-state index in [9.17, 15) is 0 Å². The average molecular weight is 370 g/mol. The first-order valence-electron chi connectivity index (χ1n) is 8.93. The summed E-state index contributed by atoms with van der Waals surface area (Å²) in [4.78, 5) is 4.05. The van der Waals surface area contributed by atoms with Gasteiger partial charge in [-0.15, -0.1) is 11.3 Å². The highest BCUT2D eigenvalue weighted by atomic mass is 32.1. The van der Waals surface area contributed by atoms with Crippen molar-refractivity contribution in [2.45, 2.75) is 13.1 Å². The van der Waals surface area contributed by atoms with Crippen molar-refractivity contribution in [1.29, 1.82) is 0 Å². The van der Waals surface area contributed by atoms with Crippen molar-refractivity contribution in [2.24, 2.45) is 0 Å². The molecule has 0 saturated heterocycles. The summed E-state index contributed by atoms with van der Waals surface area (Å²) in [5.74, 6) is 0. The van der Waals surface area contributed by atoms with Gasteiger partial charge in [0.15, 0.2) is 0 Å². The molecule has 2 aromatic carbocycles. The van der Waals surface area contributed by atoms with Gasteiger partial charge in [-0.3, -0.25) is 10.1 Å². The third kappa shape index (κ3) is 3.12. The first-order valence-corrected chi connectivity index (χ1v) is 9.75. The summed E-state index contributed by atoms with van der Waals surface area (Å²) in [6, 6.07) is 21.2. The highest BCUT2D eigenvalue weighted by molar-refractivity contribution is 7.26. The summed E-state index contributed by atoms with van der Waals surface area (Å²) in [6.07, 6.45) is 3.65. The van der Waals surface area contributed by atoms with Crippen LogP contribution in [0.2, 0.25) is 0 Å². The van der Waals surface area contributed by atoms with E-state index >= 15 is 0 Å². The number of nitrogens with zero attached hydrogens (tertiary/aromatic N) is 2. The van der Waals surface area contributed by atoms with Crippen molar-refractivity contribution in [3.8, 4) is 11.3 Å². The largest absolute Gasteiger partial charge is 0.309 e. The molecule has 5 aromatic rings. The van der Waals surface area contributed by atoms with Gasteiger partial charge in [-0.1, -0.05) is 42.5 Å². The number of hydrogen-bond acceptors (Lipinski definition) is 4. The second kappa shape index (κ2) is 6.95. The first kappa shape index (κ1) is 16.2. The summed E-state index contributed by atoms with van der Waals surface area (Å²) in [7, 11) is 0. The van der Waals surface area contributed by atoms with E-state index in [1.807, 2.05) is 24.5 Å². The van der Waals surface area contributed by atoms with Gasteiger partial charge in [0.2, 0.25) is 0 Å². The van der Waals surface area contributed by atoms with E-state index in [1.54, 1.807) is 11.3 Å². The topological polar surface area (TPSA) is 53.6 Å². The van der Waals surface area contributed by atoms with Crippen LogP contribution in [0.15, 0.2) is 73.1 Å². The van der Waals surface area contributed by atoms with Crippen LogP contribution in [0.25, 0.3) is 31.6 Å². The molecule has 0 unspecified atom stereocenters. The Bertz CT molecular complexity index is 1190. The molecule has 0 amide bonds. The molecule has 27 heavy (non-hydrogen) atoms. The number of aromatic nitrogens is 3. The quantitative estimate of drug-likeness (QED) is 0.451. The molecule has 5 rings (SSSR count). The van der Waals surface area contributed by atoms with E-state index in [-0.39, 0.29) is 0 Å². The molecule has 132 valence electrons. The van der Waals surface area contributed by atoms with Crippen LogP contribution in [-0.4, -0.2) is 15.2 Å². The molecule has 3 heterocycles. The Hall–Kier alpha value is -3.02. The summed E-state index contributed by atoms with van der Waals surface area (Å²) in [5, 5.41) is 12.5. The lowest BCUT2D eigenvalue weighted by atomic mass is 10.1. The second-order valence-corrected chi connectivity index (χ2v) is 7.58. The average Bonchev–Trinajstić information content (AvgIpc) is 3.29. The molecule has 2 N–H and O–H groups in total. The zero-order valence-electron chi connectivity index (χ0n) is 14.6. The maximum Gasteiger partial charge on any atom is 0.110 e. The standard InChI is InChI=1S/C22H18N4S/c1-2-4-19-18(3-1)21-22(27-19)20(25-26-21)17-7-5-15(6-8-17)13-24-14-16-9-11-23-12-10-16/h1-12,24H,13-14H2,(H,25,26). The molecular weight excluding hydrogens is 352 g/mol. The molecule has 0 aliphatic carbocycles. The number of aromatic amines is 1. The second-order valence-electron chi connectivity index (χ2n) is 6.53.